The molecule has 5 rings (SSSR count). The number of nitrogens with two attached hydrogens (primary N) is 2. The molecule has 42 heavy (non-hydrogen) atoms. The van der Waals surface area contributed by atoms with Gasteiger partial charge in [0.2, 0.25) is 5.84 Å². The topological polar surface area (TPSA) is 120 Å². The summed E-state index contributed by atoms with van der Waals surface area (Å²) in [5, 5.41) is 10.7. The van der Waals surface area contributed by atoms with E-state index in [1.807, 2.05) is 40.7 Å². The van der Waals surface area contributed by atoms with Crippen LogP contribution in [0.25, 0.3) is 5.70 Å². The van der Waals surface area contributed by atoms with Crippen LogP contribution in [-0.2, 0) is 9.47 Å². The van der Waals surface area contributed by atoms with Crippen LogP contribution in [0.3, 0.4) is 0 Å². The third-order valence-electron chi connectivity index (χ3n) is 7.78. The van der Waals surface area contributed by atoms with Crippen molar-refractivity contribution in [3.05, 3.63) is 77.9 Å². The van der Waals surface area contributed by atoms with Crippen molar-refractivity contribution in [1.29, 1.82) is 5.41 Å². The largest absolute Gasteiger partial charge is 0.378 e. The lowest BCUT2D eigenvalue weighted by molar-refractivity contribution is -0.428. The van der Waals surface area contributed by atoms with E-state index in [4.69, 9.17) is 25.6 Å². The third-order valence-corrected chi connectivity index (χ3v) is 7.78. The maximum Gasteiger partial charge on any atom is 0.229 e. The maximum absolute atomic E-state index is 13.8. The lowest BCUT2D eigenvalue weighted by Gasteiger charge is -2.35. The first-order valence-electron chi connectivity index (χ1n) is 14.8. The second-order valence-corrected chi connectivity index (χ2v) is 10.6. The number of anilines is 1. The highest BCUT2D eigenvalue weighted by atomic mass is 19.1. The molecule has 3 aliphatic rings. The number of likely N-dealkylation sites (tertiary alicyclic amines) is 1. The Kier molecular flexibility index (Phi) is 10.8. The van der Waals surface area contributed by atoms with Crippen LogP contribution in [0.5, 0.6) is 0 Å². The van der Waals surface area contributed by atoms with Gasteiger partial charge in [-0.3, -0.25) is 15.6 Å². The van der Waals surface area contributed by atoms with Gasteiger partial charge in [-0.15, -0.1) is 0 Å². The first kappa shape index (κ1) is 30.0. The zero-order valence-corrected chi connectivity index (χ0v) is 24.1. The molecule has 11 heteroatoms. The van der Waals surface area contributed by atoms with Crippen LogP contribution in [0.1, 0.15) is 30.1 Å². The molecule has 10 nitrogen and oxygen atoms in total. The van der Waals surface area contributed by atoms with Crippen molar-refractivity contribution in [3.63, 3.8) is 0 Å². The molecule has 2 saturated heterocycles. The molecule has 3 aliphatic heterocycles. The number of aliphatic imine (C=N–C) groups is 1. The minimum Gasteiger partial charge on any atom is -0.378 e. The Hall–Kier alpha value is -3.48. The number of pyridine rings is 1. The van der Waals surface area contributed by atoms with E-state index in [1.54, 1.807) is 18.2 Å². The number of aromatic nitrogens is 1. The molecule has 1 atom stereocenters. The molecule has 0 amide bonds. The summed E-state index contributed by atoms with van der Waals surface area (Å²) in [6.45, 7) is 8.46. The molecule has 0 aliphatic carbocycles. The van der Waals surface area contributed by atoms with Crippen LogP contribution >= 0.6 is 0 Å². The van der Waals surface area contributed by atoms with Gasteiger partial charge in [-0.2, -0.15) is 4.99 Å². The number of amidine groups is 2. The number of nitrogens with one attached hydrogen (secondary N) is 1. The molecule has 0 saturated carbocycles. The molecular weight excluding hydrogens is 535 g/mol. The number of hydrogen-bond acceptors (Lipinski definition) is 8. The average molecular weight is 578 g/mol. The standard InChI is InChI=1S/C31H41FN8O2/c32-25-5-1-4-24(22-25)28-7-3-12-40(28)29(34)9-10-30-35-23-27(36-30)26-6-2-8-31(37-26)39-15-13-38(14-16-39)17-19-42-21-20-41-18-11-33/h1-2,4-6,8-10,22-23,28,34H,3,7,11-21,33H2,(H,35,36)/p+1. The van der Waals surface area contributed by atoms with Gasteiger partial charge < -0.3 is 25.0 Å². The van der Waals surface area contributed by atoms with E-state index >= 15 is 0 Å². The molecule has 1 aromatic carbocycles. The van der Waals surface area contributed by atoms with E-state index in [0.717, 1.165) is 80.7 Å². The van der Waals surface area contributed by atoms with Crippen LogP contribution in [0.4, 0.5) is 10.2 Å². The molecule has 2 aromatic rings. The number of piperazine rings is 1. The summed E-state index contributed by atoms with van der Waals surface area (Å²) in [6, 6.07) is 12.8. The normalized spacial score (nSPS) is 19.5. The van der Waals surface area contributed by atoms with Crippen molar-refractivity contribution < 1.29 is 19.2 Å². The number of ether oxygens (including phenoxy) is 2. The molecule has 0 bridgehead atoms. The number of nitrogens with zero attached hydrogens (tertiary/aromatic N) is 5. The molecule has 0 radical (unpaired) electrons. The number of benzene rings is 1. The first-order chi connectivity index (χ1) is 20.6. The first-order valence-corrected chi connectivity index (χ1v) is 14.8. The van der Waals surface area contributed by atoms with Crippen molar-refractivity contribution in [1.82, 2.24) is 14.8 Å². The Morgan fingerprint density at radius 3 is 2.67 bits per heavy atom. The summed E-state index contributed by atoms with van der Waals surface area (Å²) in [6.07, 6.45) is 7.38. The summed E-state index contributed by atoms with van der Waals surface area (Å²) >= 11 is 0. The van der Waals surface area contributed by atoms with Crippen LogP contribution in [0, 0.1) is 11.2 Å². The van der Waals surface area contributed by atoms with Crippen LogP contribution in [0.15, 0.2) is 65.8 Å². The predicted molar refractivity (Wildman–Crippen MR) is 163 cm³/mol. The second-order valence-electron chi connectivity index (χ2n) is 10.6. The van der Waals surface area contributed by atoms with Crippen molar-refractivity contribution in [3.8, 4) is 0 Å². The minimum atomic E-state index is -0.239. The Morgan fingerprint density at radius 2 is 1.86 bits per heavy atom. The van der Waals surface area contributed by atoms with E-state index < -0.39 is 0 Å². The van der Waals surface area contributed by atoms with Crippen molar-refractivity contribution in [2.45, 2.75) is 18.9 Å². The number of halogens is 1. The molecule has 224 valence electrons. The molecule has 5 N–H and O–H groups in total. The third kappa shape index (κ3) is 8.08. The van der Waals surface area contributed by atoms with Crippen molar-refractivity contribution >= 4 is 23.2 Å². The fourth-order valence-electron chi connectivity index (χ4n) is 5.54. The van der Waals surface area contributed by atoms with Gasteiger partial charge in [-0.1, -0.05) is 18.2 Å². The van der Waals surface area contributed by atoms with Crippen molar-refractivity contribution in [2.75, 3.05) is 77.1 Å². The smallest absolute Gasteiger partial charge is 0.229 e. The van der Waals surface area contributed by atoms with Gasteiger partial charge in [0, 0.05) is 51.9 Å². The summed E-state index contributed by atoms with van der Waals surface area (Å²) < 4.78 is 24.8. The van der Waals surface area contributed by atoms with Crippen LogP contribution < -0.4 is 16.0 Å². The summed E-state index contributed by atoms with van der Waals surface area (Å²) in [5.74, 6) is 1.92. The van der Waals surface area contributed by atoms with Gasteiger partial charge in [-0.25, -0.2) is 9.37 Å². The van der Waals surface area contributed by atoms with Crippen LogP contribution in [0.2, 0.25) is 0 Å². The van der Waals surface area contributed by atoms with Crippen LogP contribution in [-0.4, -0.2) is 98.7 Å². The highest BCUT2D eigenvalue weighted by molar-refractivity contribution is 5.99. The lowest BCUT2D eigenvalue weighted by atomic mass is 10.0. The Bertz CT molecular complexity index is 1290. The molecule has 1 unspecified atom stereocenters. The fraction of sp³-hybridized carbons (Fsp3) is 0.452. The zero-order chi connectivity index (χ0) is 29.1. The minimum absolute atomic E-state index is 0.0230. The monoisotopic (exact) mass is 577 g/mol. The quantitative estimate of drug-likeness (QED) is 0.189. The summed E-state index contributed by atoms with van der Waals surface area (Å²) in [4.78, 5) is 16.3. The van der Waals surface area contributed by atoms with Gasteiger partial charge in [0.1, 0.15) is 23.2 Å². The van der Waals surface area contributed by atoms with E-state index in [0.29, 0.717) is 38.8 Å². The van der Waals surface area contributed by atoms with Gasteiger partial charge in [-0.05, 0) is 48.7 Å². The van der Waals surface area contributed by atoms with Gasteiger partial charge in [0.15, 0.2) is 5.70 Å². The Morgan fingerprint density at radius 1 is 1.05 bits per heavy atom. The molecule has 2 fully saturated rings. The lowest BCUT2D eigenvalue weighted by Crippen LogP contribution is -2.83. The molecule has 1 aromatic heterocycles. The Labute approximate surface area is 247 Å². The summed E-state index contributed by atoms with van der Waals surface area (Å²) in [5.41, 5.74) is 8.17. The van der Waals surface area contributed by atoms with Gasteiger partial charge in [0.25, 0.3) is 0 Å². The number of quaternary nitrogens is 1. The molecule has 0 spiro atoms. The van der Waals surface area contributed by atoms with E-state index in [1.165, 1.54) is 6.07 Å². The number of rotatable bonds is 13. The predicted octanol–water partition coefficient (Wildman–Crippen LogP) is 1.98. The highest BCUT2D eigenvalue weighted by Gasteiger charge is 2.28. The average Bonchev–Trinajstić information content (AvgIpc) is 3.71. The van der Waals surface area contributed by atoms with E-state index in [-0.39, 0.29) is 11.9 Å². The zero-order valence-electron chi connectivity index (χ0n) is 24.1. The maximum atomic E-state index is 13.8. The Balaban J connectivity index is 1.07. The highest BCUT2D eigenvalue weighted by Crippen LogP contribution is 2.32. The number of hydrogen-bond donors (Lipinski definition) is 3. The van der Waals surface area contributed by atoms with Gasteiger partial charge >= 0.3 is 0 Å². The van der Waals surface area contributed by atoms with Crippen molar-refractivity contribution in [2.24, 2.45) is 10.7 Å². The molecule has 4 heterocycles. The summed E-state index contributed by atoms with van der Waals surface area (Å²) in [7, 11) is 0. The van der Waals surface area contributed by atoms with E-state index in [2.05, 4.69) is 20.9 Å². The SMILES string of the molecule is N=C(C=CC1=NC=C(c2cccc(N3CCN(CCOCCOCCN)CC3)n2)[NH2+]1)N1CCCC1c1cccc(F)c1. The van der Waals surface area contributed by atoms with E-state index in [9.17, 15) is 4.39 Å². The van der Waals surface area contributed by atoms with Gasteiger partial charge in [0.05, 0.1) is 38.7 Å². The fourth-order valence-corrected chi connectivity index (χ4v) is 5.54. The second kappa shape index (κ2) is 15.1. The molecular formula is C31H42FN8O2+.